The Kier molecular flexibility index (Phi) is 5.90. The molecule has 2 rings (SSSR count). The topological polar surface area (TPSA) is 66.8 Å². The molecule has 0 saturated carbocycles. The van der Waals surface area contributed by atoms with E-state index in [-0.39, 0.29) is 11.4 Å². The highest BCUT2D eigenvalue weighted by molar-refractivity contribution is 6.10. The van der Waals surface area contributed by atoms with Crippen LogP contribution in [0.3, 0.4) is 0 Å². The van der Waals surface area contributed by atoms with Crippen molar-refractivity contribution in [1.29, 1.82) is 0 Å². The molecule has 0 spiro atoms. The quantitative estimate of drug-likeness (QED) is 0.750. The molecule has 1 aliphatic heterocycles. The summed E-state index contributed by atoms with van der Waals surface area (Å²) >= 11 is 0. The van der Waals surface area contributed by atoms with Crippen molar-refractivity contribution < 1.29 is 19.4 Å². The average Bonchev–Trinajstić information content (AvgIpc) is 2.84. The Bertz CT molecular complexity index is 743. The molecule has 1 N–H and O–H groups in total. The lowest BCUT2D eigenvalue weighted by atomic mass is 9.82. The molecule has 1 amide bonds. The molecule has 1 atom stereocenters. The first-order valence-electron chi connectivity index (χ1n) is 8.85. The van der Waals surface area contributed by atoms with Gasteiger partial charge in [-0.25, -0.2) is 0 Å². The SMILES string of the molecule is C=CCOc1cccc(C2C(C(=O)C(C)(C)C)=C(O)C(=O)N2CCC)c1. The molecular weight excluding hydrogens is 330 g/mol. The van der Waals surface area contributed by atoms with Crippen LogP contribution in [-0.2, 0) is 9.59 Å². The Hall–Kier alpha value is -2.56. The number of carbonyl (C=O) groups is 2. The summed E-state index contributed by atoms with van der Waals surface area (Å²) in [6.07, 6.45) is 2.37. The number of rotatable bonds is 7. The van der Waals surface area contributed by atoms with Crippen LogP contribution < -0.4 is 4.74 Å². The maximum Gasteiger partial charge on any atom is 0.290 e. The van der Waals surface area contributed by atoms with Crippen LogP contribution in [0.2, 0.25) is 0 Å². The predicted octanol–water partition coefficient (Wildman–Crippen LogP) is 3.97. The zero-order chi connectivity index (χ0) is 19.5. The van der Waals surface area contributed by atoms with E-state index in [0.29, 0.717) is 18.9 Å². The molecule has 0 aliphatic carbocycles. The van der Waals surface area contributed by atoms with Crippen LogP contribution in [0.4, 0.5) is 0 Å². The summed E-state index contributed by atoms with van der Waals surface area (Å²) in [7, 11) is 0. The molecule has 5 nitrogen and oxygen atoms in total. The second-order valence-corrected chi connectivity index (χ2v) is 7.41. The standard InChI is InChI=1S/C21H27NO4/c1-6-11-22-17(14-9-8-10-15(13-14)26-12-7-2)16(18(23)20(22)25)19(24)21(3,4)5/h7-10,13,17,23H,2,6,11-12H2,1,3-5H3. The lowest BCUT2D eigenvalue weighted by Crippen LogP contribution is -2.33. The third-order valence-electron chi connectivity index (χ3n) is 4.24. The first-order chi connectivity index (χ1) is 12.2. The summed E-state index contributed by atoms with van der Waals surface area (Å²) in [6, 6.07) is 6.66. The van der Waals surface area contributed by atoms with Gasteiger partial charge in [0.1, 0.15) is 12.4 Å². The van der Waals surface area contributed by atoms with E-state index < -0.39 is 23.1 Å². The fraction of sp³-hybridized carbons (Fsp3) is 0.429. The number of aliphatic hydroxyl groups is 1. The second-order valence-electron chi connectivity index (χ2n) is 7.41. The van der Waals surface area contributed by atoms with E-state index >= 15 is 0 Å². The minimum atomic E-state index is -0.707. The molecule has 0 bridgehead atoms. The maximum atomic E-state index is 13.0. The fourth-order valence-electron chi connectivity index (χ4n) is 3.04. The summed E-state index contributed by atoms with van der Waals surface area (Å²) in [5.41, 5.74) is 0.197. The van der Waals surface area contributed by atoms with Gasteiger partial charge in [-0.15, -0.1) is 0 Å². The molecular formula is C21H27NO4. The smallest absolute Gasteiger partial charge is 0.290 e. The number of ether oxygens (including phenoxy) is 1. The third-order valence-corrected chi connectivity index (χ3v) is 4.24. The number of nitrogens with zero attached hydrogens (tertiary/aromatic N) is 1. The van der Waals surface area contributed by atoms with Gasteiger partial charge in [-0.1, -0.05) is 52.5 Å². The first-order valence-corrected chi connectivity index (χ1v) is 8.85. The van der Waals surface area contributed by atoms with Crippen molar-refractivity contribution in [3.05, 3.63) is 53.8 Å². The summed E-state index contributed by atoms with van der Waals surface area (Å²) in [5, 5.41) is 10.5. The molecule has 1 aliphatic rings. The van der Waals surface area contributed by atoms with Crippen molar-refractivity contribution in [3.63, 3.8) is 0 Å². The van der Waals surface area contributed by atoms with Crippen LogP contribution in [0.25, 0.3) is 0 Å². The number of benzene rings is 1. The van der Waals surface area contributed by atoms with Crippen molar-refractivity contribution in [2.24, 2.45) is 5.41 Å². The molecule has 5 heteroatoms. The lowest BCUT2D eigenvalue weighted by Gasteiger charge is -2.28. The lowest BCUT2D eigenvalue weighted by molar-refractivity contribution is -0.129. The van der Waals surface area contributed by atoms with Gasteiger partial charge < -0.3 is 14.7 Å². The number of amides is 1. The zero-order valence-corrected chi connectivity index (χ0v) is 15.9. The molecule has 0 fully saturated rings. The van der Waals surface area contributed by atoms with Gasteiger partial charge in [0.2, 0.25) is 0 Å². The summed E-state index contributed by atoms with van der Waals surface area (Å²) in [6.45, 7) is 11.7. The molecule has 1 unspecified atom stereocenters. The van der Waals surface area contributed by atoms with Crippen LogP contribution in [0.1, 0.15) is 45.7 Å². The minimum absolute atomic E-state index is 0.164. The zero-order valence-electron chi connectivity index (χ0n) is 15.9. The van der Waals surface area contributed by atoms with E-state index in [9.17, 15) is 14.7 Å². The predicted molar refractivity (Wildman–Crippen MR) is 101 cm³/mol. The highest BCUT2D eigenvalue weighted by Crippen LogP contribution is 2.41. The fourth-order valence-corrected chi connectivity index (χ4v) is 3.04. The maximum absolute atomic E-state index is 13.0. The Balaban J connectivity index is 2.54. The molecule has 0 aromatic heterocycles. The van der Waals surface area contributed by atoms with E-state index in [1.165, 1.54) is 0 Å². The molecule has 1 heterocycles. The molecule has 0 radical (unpaired) electrons. The molecule has 1 aromatic rings. The van der Waals surface area contributed by atoms with Gasteiger partial charge in [0.15, 0.2) is 11.5 Å². The van der Waals surface area contributed by atoms with Crippen LogP contribution >= 0.6 is 0 Å². The Morgan fingerprint density at radius 3 is 2.65 bits per heavy atom. The van der Waals surface area contributed by atoms with Crippen molar-refractivity contribution in [1.82, 2.24) is 4.90 Å². The molecule has 1 aromatic carbocycles. The van der Waals surface area contributed by atoms with E-state index in [2.05, 4.69) is 6.58 Å². The van der Waals surface area contributed by atoms with E-state index in [0.717, 1.165) is 12.0 Å². The van der Waals surface area contributed by atoms with Gasteiger partial charge in [-0.05, 0) is 24.1 Å². The molecule has 140 valence electrons. The van der Waals surface area contributed by atoms with Crippen molar-refractivity contribution in [3.8, 4) is 5.75 Å². The van der Waals surface area contributed by atoms with Gasteiger partial charge in [0.05, 0.1) is 11.6 Å². The Morgan fingerprint density at radius 2 is 2.08 bits per heavy atom. The molecule has 0 saturated heterocycles. The number of hydrogen-bond acceptors (Lipinski definition) is 4. The van der Waals surface area contributed by atoms with Crippen LogP contribution in [0.5, 0.6) is 5.75 Å². The largest absolute Gasteiger partial charge is 0.503 e. The minimum Gasteiger partial charge on any atom is -0.503 e. The van der Waals surface area contributed by atoms with Gasteiger partial charge >= 0.3 is 0 Å². The first kappa shape index (κ1) is 19.8. The molecule has 26 heavy (non-hydrogen) atoms. The highest BCUT2D eigenvalue weighted by atomic mass is 16.5. The number of ketones is 1. The highest BCUT2D eigenvalue weighted by Gasteiger charge is 2.45. The number of Topliss-reactive ketones (excluding diaryl/α,β-unsaturated/α-hetero) is 1. The van der Waals surface area contributed by atoms with Crippen molar-refractivity contribution >= 4 is 11.7 Å². The van der Waals surface area contributed by atoms with Gasteiger partial charge in [0, 0.05) is 12.0 Å². The van der Waals surface area contributed by atoms with Crippen LogP contribution in [0, 0.1) is 5.41 Å². The summed E-state index contributed by atoms with van der Waals surface area (Å²) in [4.78, 5) is 27.1. The summed E-state index contributed by atoms with van der Waals surface area (Å²) < 4.78 is 5.58. The average molecular weight is 357 g/mol. The number of carbonyl (C=O) groups excluding carboxylic acids is 2. The van der Waals surface area contributed by atoms with Crippen LogP contribution in [0.15, 0.2) is 48.3 Å². The van der Waals surface area contributed by atoms with Crippen molar-refractivity contribution in [2.45, 2.75) is 40.2 Å². The van der Waals surface area contributed by atoms with Gasteiger partial charge in [0.25, 0.3) is 5.91 Å². The van der Waals surface area contributed by atoms with Crippen molar-refractivity contribution in [2.75, 3.05) is 13.2 Å². The summed E-state index contributed by atoms with van der Waals surface area (Å²) in [5.74, 6) is -0.549. The van der Waals surface area contributed by atoms with E-state index in [4.69, 9.17) is 4.74 Å². The van der Waals surface area contributed by atoms with E-state index in [1.54, 1.807) is 37.8 Å². The van der Waals surface area contributed by atoms with Gasteiger partial charge in [-0.3, -0.25) is 9.59 Å². The third kappa shape index (κ3) is 3.82. The number of hydrogen-bond donors (Lipinski definition) is 1. The monoisotopic (exact) mass is 357 g/mol. The number of aliphatic hydroxyl groups excluding tert-OH is 1. The van der Waals surface area contributed by atoms with Gasteiger partial charge in [-0.2, -0.15) is 0 Å². The van der Waals surface area contributed by atoms with Crippen LogP contribution in [-0.4, -0.2) is 34.8 Å². The Morgan fingerprint density at radius 1 is 1.38 bits per heavy atom. The normalized spacial score (nSPS) is 17.6. The van der Waals surface area contributed by atoms with E-state index in [1.807, 2.05) is 25.1 Å². The Labute approximate surface area is 155 Å². The second kappa shape index (κ2) is 7.77.